The van der Waals surface area contributed by atoms with E-state index in [0.29, 0.717) is 22.3 Å². The van der Waals surface area contributed by atoms with Crippen molar-refractivity contribution in [3.05, 3.63) is 81.9 Å². The summed E-state index contributed by atoms with van der Waals surface area (Å²) in [4.78, 5) is 21.6. The molecule has 2 heterocycles. The van der Waals surface area contributed by atoms with Crippen molar-refractivity contribution in [2.45, 2.75) is 24.8 Å². The summed E-state index contributed by atoms with van der Waals surface area (Å²) in [6.07, 6.45) is 0. The standard InChI is InChI=1S/C21H17ClFN5OS/c1-12-10-13(2)28-20(24-12)26-21(27-28)30-11-14-6-3-4-7-15(14)19(29)25-17-9-5-8-16(22)18(17)23/h3-10H,11H2,1-2H3,(H,25,29). The fourth-order valence-electron chi connectivity index (χ4n) is 3.01. The second kappa shape index (κ2) is 8.41. The van der Waals surface area contributed by atoms with Gasteiger partial charge in [-0.2, -0.15) is 4.98 Å². The van der Waals surface area contributed by atoms with Gasteiger partial charge >= 0.3 is 0 Å². The van der Waals surface area contributed by atoms with Crippen LogP contribution in [0.25, 0.3) is 5.78 Å². The molecule has 9 heteroatoms. The molecule has 0 spiro atoms. The maximum absolute atomic E-state index is 14.1. The number of thioether (sulfide) groups is 1. The zero-order valence-corrected chi connectivity index (χ0v) is 17.8. The predicted octanol–water partition coefficient (Wildman–Crippen LogP) is 5.08. The molecule has 0 aliphatic carbocycles. The van der Waals surface area contributed by atoms with Crippen LogP contribution in [0.2, 0.25) is 5.02 Å². The van der Waals surface area contributed by atoms with Gasteiger partial charge in [0, 0.05) is 22.7 Å². The minimum absolute atomic E-state index is 0.0360. The Morgan fingerprint density at radius 1 is 1.17 bits per heavy atom. The van der Waals surface area contributed by atoms with E-state index in [4.69, 9.17) is 11.6 Å². The lowest BCUT2D eigenvalue weighted by molar-refractivity contribution is 0.102. The second-order valence-corrected chi connectivity index (χ2v) is 8.00. The van der Waals surface area contributed by atoms with E-state index in [9.17, 15) is 9.18 Å². The number of carbonyl (C=O) groups is 1. The van der Waals surface area contributed by atoms with E-state index in [1.807, 2.05) is 32.0 Å². The first kappa shape index (κ1) is 20.3. The molecule has 0 aliphatic heterocycles. The number of anilines is 1. The predicted molar refractivity (Wildman–Crippen MR) is 116 cm³/mol. The van der Waals surface area contributed by atoms with Crippen molar-refractivity contribution in [1.29, 1.82) is 0 Å². The molecule has 0 aliphatic rings. The fourth-order valence-corrected chi connectivity index (χ4v) is 4.01. The number of benzene rings is 2. The Kier molecular flexibility index (Phi) is 5.69. The summed E-state index contributed by atoms with van der Waals surface area (Å²) in [7, 11) is 0. The molecule has 4 rings (SSSR count). The van der Waals surface area contributed by atoms with E-state index < -0.39 is 11.7 Å². The van der Waals surface area contributed by atoms with Crippen molar-refractivity contribution in [2.24, 2.45) is 0 Å². The zero-order valence-electron chi connectivity index (χ0n) is 16.2. The normalized spacial score (nSPS) is 11.1. The molecule has 0 atom stereocenters. The Hall–Kier alpha value is -2.97. The van der Waals surface area contributed by atoms with Gasteiger partial charge in [-0.15, -0.1) is 5.10 Å². The third-order valence-corrected chi connectivity index (χ3v) is 5.60. The smallest absolute Gasteiger partial charge is 0.256 e. The number of carbonyl (C=O) groups excluding carboxylic acids is 1. The highest BCUT2D eigenvalue weighted by atomic mass is 35.5. The van der Waals surface area contributed by atoms with Gasteiger partial charge in [-0.05, 0) is 43.7 Å². The lowest BCUT2D eigenvalue weighted by Gasteiger charge is -2.10. The van der Waals surface area contributed by atoms with E-state index >= 15 is 0 Å². The minimum Gasteiger partial charge on any atom is -0.319 e. The molecular formula is C21H17ClFN5OS. The average molecular weight is 442 g/mol. The van der Waals surface area contributed by atoms with Gasteiger partial charge in [-0.25, -0.2) is 13.9 Å². The Morgan fingerprint density at radius 2 is 1.97 bits per heavy atom. The highest BCUT2D eigenvalue weighted by molar-refractivity contribution is 7.98. The second-order valence-electron chi connectivity index (χ2n) is 6.65. The maximum atomic E-state index is 14.1. The molecule has 0 radical (unpaired) electrons. The van der Waals surface area contributed by atoms with Gasteiger partial charge in [0.1, 0.15) is 0 Å². The van der Waals surface area contributed by atoms with Gasteiger partial charge in [0.25, 0.3) is 11.7 Å². The van der Waals surface area contributed by atoms with Crippen LogP contribution >= 0.6 is 23.4 Å². The van der Waals surface area contributed by atoms with Crippen molar-refractivity contribution >= 4 is 40.7 Å². The highest BCUT2D eigenvalue weighted by Crippen LogP contribution is 2.25. The number of nitrogens with one attached hydrogen (secondary N) is 1. The van der Waals surface area contributed by atoms with Crippen LogP contribution in [0.4, 0.5) is 10.1 Å². The van der Waals surface area contributed by atoms with Crippen LogP contribution in [0.1, 0.15) is 27.3 Å². The van der Waals surface area contributed by atoms with E-state index in [0.717, 1.165) is 17.0 Å². The molecule has 0 unspecified atom stereocenters. The summed E-state index contributed by atoms with van der Waals surface area (Å²) in [5, 5.41) is 7.58. The molecular weight excluding hydrogens is 425 g/mol. The first-order chi connectivity index (χ1) is 14.4. The van der Waals surface area contributed by atoms with Crippen LogP contribution in [0.5, 0.6) is 0 Å². The summed E-state index contributed by atoms with van der Waals surface area (Å²) in [6, 6.07) is 13.6. The molecule has 1 amide bonds. The monoisotopic (exact) mass is 441 g/mol. The molecule has 152 valence electrons. The Bertz CT molecular complexity index is 1260. The van der Waals surface area contributed by atoms with Crippen LogP contribution in [-0.2, 0) is 5.75 Å². The number of aromatic nitrogens is 4. The van der Waals surface area contributed by atoms with Crippen LogP contribution in [0.3, 0.4) is 0 Å². The van der Waals surface area contributed by atoms with Crippen molar-refractivity contribution in [1.82, 2.24) is 19.6 Å². The van der Waals surface area contributed by atoms with Gasteiger partial charge < -0.3 is 5.32 Å². The van der Waals surface area contributed by atoms with Gasteiger partial charge in [0.05, 0.1) is 10.7 Å². The van der Waals surface area contributed by atoms with Crippen molar-refractivity contribution < 1.29 is 9.18 Å². The molecule has 0 bridgehead atoms. The largest absolute Gasteiger partial charge is 0.319 e. The highest BCUT2D eigenvalue weighted by Gasteiger charge is 2.16. The molecule has 1 N–H and O–H groups in total. The number of rotatable bonds is 5. The van der Waals surface area contributed by atoms with E-state index in [2.05, 4.69) is 20.4 Å². The summed E-state index contributed by atoms with van der Waals surface area (Å²) < 4.78 is 15.8. The SMILES string of the molecule is Cc1cc(C)n2nc(SCc3ccccc3C(=O)Nc3cccc(Cl)c3F)nc2n1. The molecule has 30 heavy (non-hydrogen) atoms. The first-order valence-corrected chi connectivity index (χ1v) is 10.5. The number of nitrogens with zero attached hydrogens (tertiary/aromatic N) is 4. The van der Waals surface area contributed by atoms with E-state index in [1.54, 1.807) is 22.7 Å². The molecule has 2 aromatic heterocycles. The number of hydrogen-bond acceptors (Lipinski definition) is 5. The third kappa shape index (κ3) is 4.15. The quantitative estimate of drug-likeness (QED) is 0.437. The first-order valence-electron chi connectivity index (χ1n) is 9.09. The third-order valence-electron chi connectivity index (χ3n) is 4.42. The van der Waals surface area contributed by atoms with Gasteiger partial charge in [-0.3, -0.25) is 4.79 Å². The molecule has 0 fully saturated rings. The fraction of sp³-hybridized carbons (Fsp3) is 0.143. The van der Waals surface area contributed by atoms with E-state index in [1.165, 1.54) is 23.9 Å². The maximum Gasteiger partial charge on any atom is 0.256 e. The number of halogens is 2. The van der Waals surface area contributed by atoms with Gasteiger partial charge in [-0.1, -0.05) is 47.6 Å². The van der Waals surface area contributed by atoms with Crippen LogP contribution in [-0.4, -0.2) is 25.5 Å². The Morgan fingerprint density at radius 3 is 2.80 bits per heavy atom. The molecule has 0 saturated carbocycles. The Labute approximate surface area is 181 Å². The zero-order chi connectivity index (χ0) is 21.3. The summed E-state index contributed by atoms with van der Waals surface area (Å²) in [5.41, 5.74) is 3.08. The molecule has 6 nitrogen and oxygen atoms in total. The van der Waals surface area contributed by atoms with Crippen molar-refractivity contribution in [3.63, 3.8) is 0 Å². The Balaban J connectivity index is 1.54. The molecule has 2 aromatic carbocycles. The van der Waals surface area contributed by atoms with Crippen molar-refractivity contribution in [2.75, 3.05) is 5.32 Å². The van der Waals surface area contributed by atoms with E-state index in [-0.39, 0.29) is 10.7 Å². The lowest BCUT2D eigenvalue weighted by atomic mass is 10.1. The molecule has 0 saturated heterocycles. The minimum atomic E-state index is -0.661. The van der Waals surface area contributed by atoms with Crippen molar-refractivity contribution in [3.8, 4) is 0 Å². The summed E-state index contributed by atoms with van der Waals surface area (Å²) >= 11 is 7.19. The summed E-state index contributed by atoms with van der Waals surface area (Å²) in [5.74, 6) is -0.0661. The number of hydrogen-bond donors (Lipinski definition) is 1. The lowest BCUT2D eigenvalue weighted by Crippen LogP contribution is -2.15. The van der Waals surface area contributed by atoms with Crippen LogP contribution in [0, 0.1) is 19.7 Å². The average Bonchev–Trinajstić information content (AvgIpc) is 3.13. The molecule has 4 aromatic rings. The van der Waals surface area contributed by atoms with Crippen LogP contribution < -0.4 is 5.32 Å². The van der Waals surface area contributed by atoms with Crippen LogP contribution in [0.15, 0.2) is 53.7 Å². The topological polar surface area (TPSA) is 72.2 Å². The number of fused-ring (bicyclic) bond motifs is 1. The summed E-state index contributed by atoms with van der Waals surface area (Å²) in [6.45, 7) is 3.85. The van der Waals surface area contributed by atoms with Gasteiger partial charge in [0.15, 0.2) is 5.82 Å². The number of aryl methyl sites for hydroxylation is 2. The number of amides is 1. The van der Waals surface area contributed by atoms with Gasteiger partial charge in [0.2, 0.25) is 5.16 Å².